The molecule has 1 saturated carbocycles. The van der Waals surface area contributed by atoms with Gasteiger partial charge >= 0.3 is 0 Å². The molecule has 168 valence electrons. The average molecular weight is 427 g/mol. The number of anilines is 1. The molecule has 1 aromatic heterocycles. The van der Waals surface area contributed by atoms with Crippen LogP contribution in [0.3, 0.4) is 0 Å². The van der Waals surface area contributed by atoms with E-state index in [0.717, 1.165) is 18.5 Å². The van der Waals surface area contributed by atoms with Gasteiger partial charge in [0.15, 0.2) is 11.5 Å². The number of carbonyl (C=O) groups is 1. The fourth-order valence-electron chi connectivity index (χ4n) is 4.75. The van der Waals surface area contributed by atoms with Crippen LogP contribution in [0.25, 0.3) is 11.0 Å². The van der Waals surface area contributed by atoms with Gasteiger partial charge in [0.05, 0.1) is 23.3 Å². The summed E-state index contributed by atoms with van der Waals surface area (Å²) in [7, 11) is 1.76. The fraction of sp³-hybridized carbons (Fsp3) is 0.609. The summed E-state index contributed by atoms with van der Waals surface area (Å²) in [4.78, 5) is 24.5. The normalized spacial score (nSPS) is 23.6. The third kappa shape index (κ3) is 5.14. The molecule has 2 heterocycles. The number of ether oxygens (including phenoxy) is 1. The molecule has 0 bridgehead atoms. The third-order valence-corrected chi connectivity index (χ3v) is 6.34. The predicted molar refractivity (Wildman–Crippen MR) is 122 cm³/mol. The van der Waals surface area contributed by atoms with Crippen LogP contribution in [-0.2, 0) is 4.74 Å². The lowest BCUT2D eigenvalue weighted by molar-refractivity contribution is 0.0533. The Morgan fingerprint density at radius 3 is 2.55 bits per heavy atom. The van der Waals surface area contributed by atoms with Crippen LogP contribution in [-0.4, -0.2) is 60.4 Å². The molecule has 31 heavy (non-hydrogen) atoms. The summed E-state index contributed by atoms with van der Waals surface area (Å²) in [6.45, 7) is 3.18. The number of nitrogens with one attached hydrogen (secondary N) is 2. The number of methoxy groups -OCH3 is 1. The monoisotopic (exact) mass is 426 g/mol. The van der Waals surface area contributed by atoms with Crippen molar-refractivity contribution in [3.63, 3.8) is 0 Å². The summed E-state index contributed by atoms with van der Waals surface area (Å²) in [5.74, 6) is 0.287. The number of hydrogen-bond acceptors (Lipinski definition) is 7. The molecule has 2 aromatic rings. The quantitative estimate of drug-likeness (QED) is 0.608. The number of hydrogen-bond donors (Lipinski definition) is 3. The first kappa shape index (κ1) is 21.9. The van der Waals surface area contributed by atoms with Crippen LogP contribution < -0.4 is 21.3 Å². The second kappa shape index (κ2) is 9.89. The van der Waals surface area contributed by atoms with Gasteiger partial charge in [0, 0.05) is 32.3 Å². The zero-order valence-electron chi connectivity index (χ0n) is 18.5. The molecule has 1 aliphatic heterocycles. The van der Waals surface area contributed by atoms with Crippen molar-refractivity contribution in [1.82, 2.24) is 20.6 Å². The van der Waals surface area contributed by atoms with Crippen LogP contribution >= 0.6 is 0 Å². The maximum absolute atomic E-state index is 12.9. The van der Waals surface area contributed by atoms with Gasteiger partial charge in [-0.05, 0) is 38.3 Å². The molecule has 1 aliphatic carbocycles. The molecular formula is C23H34N6O2. The van der Waals surface area contributed by atoms with Crippen molar-refractivity contribution < 1.29 is 9.53 Å². The number of nitrogens with two attached hydrogens (primary N) is 1. The van der Waals surface area contributed by atoms with Gasteiger partial charge in [0.1, 0.15) is 0 Å². The molecule has 1 aromatic carbocycles. The van der Waals surface area contributed by atoms with Crippen molar-refractivity contribution in [1.29, 1.82) is 0 Å². The molecule has 1 saturated heterocycles. The molecule has 4 N–H and O–H groups in total. The van der Waals surface area contributed by atoms with Gasteiger partial charge in [0.25, 0.3) is 5.91 Å². The van der Waals surface area contributed by atoms with Crippen molar-refractivity contribution in [2.24, 2.45) is 5.73 Å². The van der Waals surface area contributed by atoms with Crippen molar-refractivity contribution in [2.45, 2.75) is 69.8 Å². The van der Waals surface area contributed by atoms with E-state index in [0.29, 0.717) is 35.7 Å². The van der Waals surface area contributed by atoms with Crippen molar-refractivity contribution in [3.05, 3.63) is 30.0 Å². The highest BCUT2D eigenvalue weighted by atomic mass is 16.5. The van der Waals surface area contributed by atoms with Crippen molar-refractivity contribution in [2.75, 3.05) is 25.1 Å². The lowest BCUT2D eigenvalue weighted by Crippen LogP contribution is -2.56. The first-order valence-electron chi connectivity index (χ1n) is 11.4. The number of amides is 1. The SMILES string of the molecule is COC1CN(c2nc3ccccc3nc2C(=O)NC(C)N)CCC1NC1CCCCC1. The zero-order chi connectivity index (χ0) is 21.8. The van der Waals surface area contributed by atoms with E-state index in [4.69, 9.17) is 15.5 Å². The molecule has 4 rings (SSSR count). The van der Waals surface area contributed by atoms with E-state index < -0.39 is 6.17 Å². The molecular weight excluding hydrogens is 392 g/mol. The van der Waals surface area contributed by atoms with Gasteiger partial charge in [0.2, 0.25) is 0 Å². The van der Waals surface area contributed by atoms with E-state index >= 15 is 0 Å². The van der Waals surface area contributed by atoms with E-state index in [1.165, 1.54) is 32.1 Å². The van der Waals surface area contributed by atoms with Crippen LogP contribution in [0.4, 0.5) is 5.82 Å². The van der Waals surface area contributed by atoms with Crippen LogP contribution in [0.2, 0.25) is 0 Å². The number of aromatic nitrogens is 2. The molecule has 0 spiro atoms. The van der Waals surface area contributed by atoms with Crippen LogP contribution in [0.5, 0.6) is 0 Å². The Labute approximate surface area is 183 Å². The second-order valence-corrected chi connectivity index (χ2v) is 8.76. The minimum absolute atomic E-state index is 0.0216. The number of rotatable bonds is 6. The highest BCUT2D eigenvalue weighted by Crippen LogP contribution is 2.26. The standard InChI is InChI=1S/C23H34N6O2/c1-15(24)25-23(30)21-22(28-18-11-7-6-10-17(18)27-21)29-13-12-19(20(14-29)31-2)26-16-8-4-3-5-9-16/h6-7,10-11,15-16,19-20,26H,3-5,8-9,12-14,24H2,1-2H3,(H,25,30). The van der Waals surface area contributed by atoms with Gasteiger partial charge in [-0.3, -0.25) is 4.79 Å². The Bertz CT molecular complexity index is 899. The van der Waals surface area contributed by atoms with Crippen molar-refractivity contribution in [3.8, 4) is 0 Å². The highest BCUT2D eigenvalue weighted by Gasteiger charge is 2.33. The Kier molecular flexibility index (Phi) is 6.99. The van der Waals surface area contributed by atoms with E-state index in [1.807, 2.05) is 24.3 Å². The minimum atomic E-state index is -0.467. The van der Waals surface area contributed by atoms with Crippen LogP contribution in [0, 0.1) is 0 Å². The van der Waals surface area contributed by atoms with E-state index in [1.54, 1.807) is 14.0 Å². The van der Waals surface area contributed by atoms with Gasteiger partial charge in [-0.15, -0.1) is 0 Å². The molecule has 3 unspecified atom stereocenters. The summed E-state index contributed by atoms with van der Waals surface area (Å²) < 4.78 is 5.88. The first-order chi connectivity index (χ1) is 15.0. The third-order valence-electron chi connectivity index (χ3n) is 6.34. The van der Waals surface area contributed by atoms with Crippen molar-refractivity contribution >= 4 is 22.8 Å². The van der Waals surface area contributed by atoms with Crippen LogP contribution in [0.1, 0.15) is 55.9 Å². The lowest BCUT2D eigenvalue weighted by Gasteiger charge is -2.41. The molecule has 8 heteroatoms. The molecule has 0 radical (unpaired) electrons. The maximum Gasteiger partial charge on any atom is 0.274 e. The number of para-hydroxylation sites is 2. The molecule has 2 aliphatic rings. The maximum atomic E-state index is 12.9. The van der Waals surface area contributed by atoms with Gasteiger partial charge in [-0.1, -0.05) is 31.4 Å². The summed E-state index contributed by atoms with van der Waals surface area (Å²) in [5.41, 5.74) is 7.57. The Morgan fingerprint density at radius 1 is 1.16 bits per heavy atom. The second-order valence-electron chi connectivity index (χ2n) is 8.76. The number of fused-ring (bicyclic) bond motifs is 1. The van der Waals surface area contributed by atoms with Gasteiger partial charge in [-0.2, -0.15) is 0 Å². The molecule has 2 fully saturated rings. The minimum Gasteiger partial charge on any atom is -0.378 e. The van der Waals surface area contributed by atoms with E-state index in [9.17, 15) is 4.79 Å². The number of carbonyl (C=O) groups excluding carboxylic acids is 1. The fourth-order valence-corrected chi connectivity index (χ4v) is 4.75. The number of nitrogens with zero attached hydrogens (tertiary/aromatic N) is 3. The summed E-state index contributed by atoms with van der Waals surface area (Å²) in [5, 5.41) is 6.60. The Hall–Kier alpha value is -2.29. The van der Waals surface area contributed by atoms with Gasteiger partial charge < -0.3 is 26.0 Å². The Balaban J connectivity index is 1.57. The average Bonchev–Trinajstić information content (AvgIpc) is 2.78. The molecule has 3 atom stereocenters. The first-order valence-corrected chi connectivity index (χ1v) is 11.4. The van der Waals surface area contributed by atoms with Gasteiger partial charge in [-0.25, -0.2) is 9.97 Å². The zero-order valence-corrected chi connectivity index (χ0v) is 18.5. The Morgan fingerprint density at radius 2 is 1.87 bits per heavy atom. The molecule has 1 amide bonds. The predicted octanol–water partition coefficient (Wildman–Crippen LogP) is 2.18. The smallest absolute Gasteiger partial charge is 0.274 e. The lowest BCUT2D eigenvalue weighted by atomic mass is 9.92. The summed E-state index contributed by atoms with van der Waals surface area (Å²) in [6.07, 6.45) is 6.93. The highest BCUT2D eigenvalue weighted by molar-refractivity contribution is 5.99. The number of piperidine rings is 1. The van der Waals surface area contributed by atoms with E-state index in [2.05, 4.69) is 20.5 Å². The van der Waals surface area contributed by atoms with Crippen LogP contribution in [0.15, 0.2) is 24.3 Å². The molecule has 8 nitrogen and oxygen atoms in total. The number of benzene rings is 1. The topological polar surface area (TPSA) is 105 Å². The largest absolute Gasteiger partial charge is 0.378 e. The summed E-state index contributed by atoms with van der Waals surface area (Å²) in [6, 6.07) is 8.50. The van der Waals surface area contributed by atoms with E-state index in [-0.39, 0.29) is 12.0 Å². The summed E-state index contributed by atoms with van der Waals surface area (Å²) >= 11 is 0.